The van der Waals surface area contributed by atoms with E-state index >= 15 is 0 Å². The predicted octanol–water partition coefficient (Wildman–Crippen LogP) is 3.34. The van der Waals surface area contributed by atoms with Gasteiger partial charge in [0, 0.05) is 37.9 Å². The van der Waals surface area contributed by atoms with Crippen LogP contribution in [0.1, 0.15) is 5.56 Å². The van der Waals surface area contributed by atoms with Gasteiger partial charge in [-0.2, -0.15) is 0 Å². The van der Waals surface area contributed by atoms with Gasteiger partial charge in [0.15, 0.2) is 0 Å². The number of amides is 2. The van der Waals surface area contributed by atoms with Crippen LogP contribution < -0.4 is 14.5 Å². The highest BCUT2D eigenvalue weighted by Gasteiger charge is 2.44. The van der Waals surface area contributed by atoms with Crippen LogP contribution in [0.2, 0.25) is 0 Å². The first-order valence-corrected chi connectivity index (χ1v) is 11.0. The zero-order valence-corrected chi connectivity index (χ0v) is 18.6. The van der Waals surface area contributed by atoms with Gasteiger partial charge >= 0.3 is 0 Å². The molecule has 2 amide bonds. The van der Waals surface area contributed by atoms with Gasteiger partial charge in [-0.25, -0.2) is 14.3 Å². The van der Waals surface area contributed by atoms with E-state index in [4.69, 9.17) is 4.74 Å². The summed E-state index contributed by atoms with van der Waals surface area (Å²) in [6.07, 6.45) is 1.75. The van der Waals surface area contributed by atoms with Crippen LogP contribution in [0.5, 0.6) is 5.75 Å². The smallest absolute Gasteiger partial charge is 0.282 e. The third kappa shape index (κ3) is 3.67. The molecule has 8 heteroatoms. The number of piperazine rings is 1. The molecule has 0 radical (unpaired) electrons. The molecule has 0 unspecified atom stereocenters. The highest BCUT2D eigenvalue weighted by Crippen LogP contribution is 2.39. The lowest BCUT2D eigenvalue weighted by Crippen LogP contribution is -2.48. The topological polar surface area (TPSA) is 66.0 Å². The highest BCUT2D eigenvalue weighted by molar-refractivity contribution is 6.45. The van der Waals surface area contributed by atoms with Crippen LogP contribution in [0.15, 0.2) is 78.6 Å². The number of benzene rings is 2. The number of methoxy groups -OCH3 is 1. The summed E-state index contributed by atoms with van der Waals surface area (Å²) in [7, 11) is 1.51. The number of halogens is 1. The highest BCUT2D eigenvalue weighted by atomic mass is 19.1. The molecule has 0 bridgehead atoms. The van der Waals surface area contributed by atoms with E-state index in [-0.39, 0.29) is 17.0 Å². The van der Waals surface area contributed by atoms with Gasteiger partial charge in [-0.05, 0) is 30.3 Å². The number of carbonyl (C=O) groups is 2. The van der Waals surface area contributed by atoms with E-state index in [0.29, 0.717) is 37.5 Å². The largest absolute Gasteiger partial charge is 0.496 e. The SMILES string of the molecule is COc1ccccc1C1=C(N2CCN(c3ccccn3)CC2)C(=O)N(c2ccccc2F)C1=O. The average Bonchev–Trinajstić information content (AvgIpc) is 3.14. The molecule has 2 aliphatic heterocycles. The molecule has 1 saturated heterocycles. The number of hydrogen-bond acceptors (Lipinski definition) is 6. The quantitative estimate of drug-likeness (QED) is 0.547. The van der Waals surface area contributed by atoms with Gasteiger partial charge in [-0.3, -0.25) is 9.59 Å². The number of imide groups is 1. The van der Waals surface area contributed by atoms with Gasteiger partial charge in [0.2, 0.25) is 0 Å². The monoisotopic (exact) mass is 458 g/mol. The van der Waals surface area contributed by atoms with Crippen LogP contribution in [0.4, 0.5) is 15.9 Å². The molecule has 1 fully saturated rings. The molecular weight excluding hydrogens is 435 g/mol. The van der Waals surface area contributed by atoms with Crippen molar-refractivity contribution < 1.29 is 18.7 Å². The molecular formula is C26H23FN4O3. The summed E-state index contributed by atoms with van der Waals surface area (Å²) in [5, 5.41) is 0. The Hall–Kier alpha value is -4.20. The van der Waals surface area contributed by atoms with Crippen LogP contribution in [0, 0.1) is 5.82 Å². The number of aromatic nitrogens is 1. The van der Waals surface area contributed by atoms with E-state index in [0.717, 1.165) is 10.7 Å². The zero-order valence-electron chi connectivity index (χ0n) is 18.6. The molecule has 3 aromatic rings. The summed E-state index contributed by atoms with van der Waals surface area (Å²) >= 11 is 0. The Labute approximate surface area is 196 Å². The third-order valence-corrected chi connectivity index (χ3v) is 6.10. The summed E-state index contributed by atoms with van der Waals surface area (Å²) in [4.78, 5) is 36.7. The lowest BCUT2D eigenvalue weighted by Gasteiger charge is -2.37. The minimum atomic E-state index is -0.634. The molecule has 7 nitrogen and oxygen atoms in total. The summed E-state index contributed by atoms with van der Waals surface area (Å²) in [6, 6.07) is 18.6. The molecule has 0 N–H and O–H groups in total. The Morgan fingerprint density at radius 3 is 2.21 bits per heavy atom. The fraction of sp³-hybridized carbons (Fsp3) is 0.192. The van der Waals surface area contributed by atoms with Crippen molar-refractivity contribution in [3.63, 3.8) is 0 Å². The number of ether oxygens (including phenoxy) is 1. The lowest BCUT2D eigenvalue weighted by atomic mass is 10.0. The maximum absolute atomic E-state index is 14.7. The minimum Gasteiger partial charge on any atom is -0.496 e. The molecule has 0 aliphatic carbocycles. The van der Waals surface area contributed by atoms with Crippen molar-refractivity contribution >= 4 is 28.9 Å². The summed E-state index contributed by atoms with van der Waals surface area (Å²) in [5.74, 6) is -0.407. The lowest BCUT2D eigenvalue weighted by molar-refractivity contribution is -0.120. The molecule has 0 spiro atoms. The average molecular weight is 458 g/mol. The second kappa shape index (κ2) is 8.97. The molecule has 2 aliphatic rings. The Bertz CT molecular complexity index is 1270. The first kappa shape index (κ1) is 21.6. The van der Waals surface area contributed by atoms with E-state index in [2.05, 4.69) is 9.88 Å². The van der Waals surface area contributed by atoms with Gasteiger partial charge in [-0.15, -0.1) is 0 Å². The van der Waals surface area contributed by atoms with Crippen molar-refractivity contribution in [3.05, 3.63) is 90.0 Å². The van der Waals surface area contributed by atoms with E-state index in [1.54, 1.807) is 36.5 Å². The predicted molar refractivity (Wildman–Crippen MR) is 127 cm³/mol. The number of hydrogen-bond donors (Lipinski definition) is 0. The normalized spacial score (nSPS) is 16.5. The Morgan fingerprint density at radius 2 is 1.50 bits per heavy atom. The fourth-order valence-corrected chi connectivity index (χ4v) is 4.46. The van der Waals surface area contributed by atoms with Gasteiger partial charge in [0.25, 0.3) is 11.8 Å². The van der Waals surface area contributed by atoms with E-state index in [1.165, 1.54) is 25.3 Å². The van der Waals surface area contributed by atoms with Gasteiger partial charge < -0.3 is 14.5 Å². The molecule has 1 aromatic heterocycles. The summed E-state index contributed by atoms with van der Waals surface area (Å²) in [5.41, 5.74) is 0.923. The summed E-state index contributed by atoms with van der Waals surface area (Å²) < 4.78 is 20.1. The van der Waals surface area contributed by atoms with Gasteiger partial charge in [0.1, 0.15) is 23.1 Å². The maximum Gasteiger partial charge on any atom is 0.282 e. The van der Waals surface area contributed by atoms with Crippen molar-refractivity contribution in [2.45, 2.75) is 0 Å². The van der Waals surface area contributed by atoms with Gasteiger partial charge in [0.05, 0.1) is 18.4 Å². The van der Waals surface area contributed by atoms with Crippen molar-refractivity contribution in [1.29, 1.82) is 0 Å². The van der Waals surface area contributed by atoms with Crippen molar-refractivity contribution in [2.24, 2.45) is 0 Å². The fourth-order valence-electron chi connectivity index (χ4n) is 4.46. The standard InChI is InChI=1S/C26H23FN4O3/c1-34-21-11-5-2-8-18(21)23-24(26(33)31(25(23)32)20-10-4-3-9-19(20)27)30-16-14-29(15-17-30)22-12-6-7-13-28-22/h2-13H,14-17H2,1H3. The number of pyridine rings is 1. The van der Waals surface area contributed by atoms with Crippen molar-refractivity contribution in [3.8, 4) is 5.75 Å². The second-order valence-electron chi connectivity index (χ2n) is 7.98. The Kier molecular flexibility index (Phi) is 5.71. The Balaban J connectivity index is 1.55. The van der Waals surface area contributed by atoms with Crippen molar-refractivity contribution in [2.75, 3.05) is 43.1 Å². The number of rotatable bonds is 5. The van der Waals surface area contributed by atoms with E-state index < -0.39 is 17.6 Å². The molecule has 3 heterocycles. The number of nitrogens with zero attached hydrogens (tertiary/aromatic N) is 4. The summed E-state index contributed by atoms with van der Waals surface area (Å²) in [6.45, 7) is 2.27. The van der Waals surface area contributed by atoms with Crippen LogP contribution in [-0.4, -0.2) is 55.0 Å². The number of anilines is 2. The Morgan fingerprint density at radius 1 is 0.824 bits per heavy atom. The van der Waals surface area contributed by atoms with Crippen LogP contribution >= 0.6 is 0 Å². The van der Waals surface area contributed by atoms with Crippen molar-refractivity contribution in [1.82, 2.24) is 9.88 Å². The van der Waals surface area contributed by atoms with Crippen LogP contribution in [0.25, 0.3) is 5.57 Å². The van der Waals surface area contributed by atoms with E-state index in [9.17, 15) is 14.0 Å². The first-order valence-electron chi connectivity index (χ1n) is 11.0. The number of para-hydroxylation sites is 2. The van der Waals surface area contributed by atoms with Gasteiger partial charge in [-0.1, -0.05) is 36.4 Å². The maximum atomic E-state index is 14.7. The van der Waals surface area contributed by atoms with E-state index in [1.807, 2.05) is 23.1 Å². The molecule has 0 saturated carbocycles. The molecule has 34 heavy (non-hydrogen) atoms. The third-order valence-electron chi connectivity index (χ3n) is 6.10. The first-order chi connectivity index (χ1) is 16.6. The van der Waals surface area contributed by atoms with Crippen LogP contribution in [0.3, 0.4) is 0 Å². The molecule has 2 aromatic carbocycles. The minimum absolute atomic E-state index is 0.0629. The molecule has 0 atom stereocenters. The second-order valence-corrected chi connectivity index (χ2v) is 7.98. The zero-order chi connectivity index (χ0) is 23.7. The van der Waals surface area contributed by atoms with Crippen LogP contribution in [-0.2, 0) is 9.59 Å². The molecule has 5 rings (SSSR count). The molecule has 172 valence electrons. The number of carbonyl (C=O) groups excluding carboxylic acids is 2.